The molecule has 0 radical (unpaired) electrons. The smallest absolute Gasteiger partial charge is 0.283 e. The molecule has 0 spiro atoms. The molecule has 0 fully saturated rings. The van der Waals surface area contributed by atoms with Crippen molar-refractivity contribution in [3.8, 4) is 0 Å². The van der Waals surface area contributed by atoms with E-state index in [4.69, 9.17) is 0 Å². The Morgan fingerprint density at radius 2 is 1.95 bits per heavy atom. The fraction of sp³-hybridized carbons (Fsp3) is 0.278. The van der Waals surface area contributed by atoms with Crippen LogP contribution in [0.4, 0.5) is 8.78 Å². The zero-order chi connectivity index (χ0) is 15.2. The molecule has 108 valence electrons. The Kier molecular flexibility index (Phi) is 3.16. The van der Waals surface area contributed by atoms with Gasteiger partial charge in [-0.25, -0.2) is 8.78 Å². The SMILES string of the molecule is CC1=CC2=CC(C=C1C)C(F)(F)C1=C2C=C(C=O)CC=C1. The van der Waals surface area contributed by atoms with E-state index in [0.717, 1.165) is 23.0 Å². The Morgan fingerprint density at radius 1 is 1.19 bits per heavy atom. The van der Waals surface area contributed by atoms with Crippen molar-refractivity contribution in [2.75, 3.05) is 0 Å². The van der Waals surface area contributed by atoms with E-state index in [1.807, 2.05) is 19.9 Å². The summed E-state index contributed by atoms with van der Waals surface area (Å²) < 4.78 is 29.5. The van der Waals surface area contributed by atoms with Crippen LogP contribution in [-0.4, -0.2) is 12.2 Å². The van der Waals surface area contributed by atoms with Gasteiger partial charge in [0.15, 0.2) is 0 Å². The van der Waals surface area contributed by atoms with Crippen LogP contribution in [-0.2, 0) is 4.79 Å². The normalized spacial score (nSPS) is 26.8. The Bertz CT molecular complexity index is 697. The number of carbonyl (C=O) groups excluding carboxylic acids is 1. The molecular weight excluding hydrogens is 270 g/mol. The summed E-state index contributed by atoms with van der Waals surface area (Å²) in [5.41, 5.74) is 3.62. The summed E-state index contributed by atoms with van der Waals surface area (Å²) in [6.45, 7) is 3.77. The number of halogens is 2. The molecule has 3 rings (SSSR count). The number of allylic oxidation sites excluding steroid dienone is 12. The minimum atomic E-state index is -2.95. The largest absolute Gasteiger partial charge is 0.298 e. The van der Waals surface area contributed by atoms with Gasteiger partial charge in [0, 0.05) is 5.57 Å². The van der Waals surface area contributed by atoms with Gasteiger partial charge in [-0.15, -0.1) is 0 Å². The van der Waals surface area contributed by atoms with E-state index in [-0.39, 0.29) is 5.57 Å². The van der Waals surface area contributed by atoms with Crippen molar-refractivity contribution in [2.45, 2.75) is 26.2 Å². The third-order valence-corrected chi connectivity index (χ3v) is 4.28. The highest BCUT2D eigenvalue weighted by molar-refractivity contribution is 5.77. The van der Waals surface area contributed by atoms with Crippen molar-refractivity contribution in [1.82, 2.24) is 0 Å². The quantitative estimate of drug-likeness (QED) is 0.650. The Labute approximate surface area is 122 Å². The topological polar surface area (TPSA) is 17.1 Å². The average molecular weight is 286 g/mol. The summed E-state index contributed by atoms with van der Waals surface area (Å²) in [4.78, 5) is 11.0. The van der Waals surface area contributed by atoms with E-state index in [1.165, 1.54) is 6.08 Å². The number of alkyl halides is 2. The van der Waals surface area contributed by atoms with Gasteiger partial charge in [0.2, 0.25) is 0 Å². The van der Waals surface area contributed by atoms with Gasteiger partial charge in [0.1, 0.15) is 6.29 Å². The van der Waals surface area contributed by atoms with Crippen LogP contribution in [0.1, 0.15) is 20.3 Å². The standard InChI is InChI=1S/C18H16F2O/c1-11-6-14-9-15(7-12(11)2)18(19,20)17-5-3-4-13(10-21)8-16(14)17/h3,5-10,15H,4H2,1-2H3. The second-order valence-electron chi connectivity index (χ2n) is 5.72. The average Bonchev–Trinajstić information content (AvgIpc) is 2.73. The van der Waals surface area contributed by atoms with Crippen molar-refractivity contribution in [3.05, 3.63) is 69.9 Å². The van der Waals surface area contributed by atoms with Gasteiger partial charge in [-0.05, 0) is 48.6 Å². The van der Waals surface area contributed by atoms with Crippen LogP contribution >= 0.6 is 0 Å². The molecule has 0 aromatic heterocycles. The lowest BCUT2D eigenvalue weighted by Gasteiger charge is -2.30. The first-order valence-electron chi connectivity index (χ1n) is 6.97. The van der Waals surface area contributed by atoms with Crippen LogP contribution in [0.15, 0.2) is 69.9 Å². The summed E-state index contributed by atoms with van der Waals surface area (Å²) in [6, 6.07) is 0. The van der Waals surface area contributed by atoms with Crippen LogP contribution in [0.25, 0.3) is 0 Å². The highest BCUT2D eigenvalue weighted by Crippen LogP contribution is 2.46. The summed E-state index contributed by atoms with van der Waals surface area (Å²) >= 11 is 0. The summed E-state index contributed by atoms with van der Waals surface area (Å²) in [5.74, 6) is -3.89. The zero-order valence-electron chi connectivity index (χ0n) is 12.0. The minimum Gasteiger partial charge on any atom is -0.298 e. The summed E-state index contributed by atoms with van der Waals surface area (Å²) in [7, 11) is 0. The van der Waals surface area contributed by atoms with E-state index in [1.54, 1.807) is 24.3 Å². The van der Waals surface area contributed by atoms with Crippen molar-refractivity contribution < 1.29 is 13.6 Å². The maximum atomic E-state index is 14.8. The Morgan fingerprint density at radius 3 is 2.67 bits per heavy atom. The minimum absolute atomic E-state index is 0.0110. The van der Waals surface area contributed by atoms with Crippen molar-refractivity contribution in [1.29, 1.82) is 0 Å². The number of hydrogen-bond donors (Lipinski definition) is 0. The molecule has 0 saturated heterocycles. The van der Waals surface area contributed by atoms with Crippen molar-refractivity contribution in [3.63, 3.8) is 0 Å². The van der Waals surface area contributed by atoms with E-state index in [9.17, 15) is 13.6 Å². The highest BCUT2D eigenvalue weighted by atomic mass is 19.3. The molecule has 0 aromatic rings. The Balaban J connectivity index is 2.26. The highest BCUT2D eigenvalue weighted by Gasteiger charge is 2.45. The molecule has 0 amide bonds. The summed E-state index contributed by atoms with van der Waals surface area (Å²) in [5, 5.41) is 0. The first-order valence-corrected chi connectivity index (χ1v) is 6.97. The Hall–Kier alpha value is -2.03. The molecule has 0 saturated carbocycles. The van der Waals surface area contributed by atoms with Crippen molar-refractivity contribution >= 4 is 6.29 Å². The van der Waals surface area contributed by atoms with Crippen LogP contribution in [0, 0.1) is 5.92 Å². The third-order valence-electron chi connectivity index (χ3n) is 4.28. The fourth-order valence-electron chi connectivity index (χ4n) is 2.93. The lowest BCUT2D eigenvalue weighted by Crippen LogP contribution is -2.31. The summed E-state index contributed by atoms with van der Waals surface area (Å²) in [6.07, 6.45) is 11.0. The van der Waals surface area contributed by atoms with E-state index in [0.29, 0.717) is 17.6 Å². The lowest BCUT2D eigenvalue weighted by atomic mass is 9.81. The molecule has 1 unspecified atom stereocenters. The van der Waals surface area contributed by atoms with Crippen LogP contribution in [0.3, 0.4) is 0 Å². The monoisotopic (exact) mass is 286 g/mol. The molecule has 1 nitrogen and oxygen atoms in total. The molecule has 2 bridgehead atoms. The maximum absolute atomic E-state index is 14.8. The van der Waals surface area contributed by atoms with Gasteiger partial charge in [-0.2, -0.15) is 0 Å². The first-order chi connectivity index (χ1) is 9.93. The van der Waals surface area contributed by atoms with Gasteiger partial charge in [-0.3, -0.25) is 4.79 Å². The molecule has 3 aliphatic rings. The molecule has 0 heterocycles. The van der Waals surface area contributed by atoms with Crippen LogP contribution in [0.5, 0.6) is 0 Å². The molecule has 0 aromatic carbocycles. The van der Waals surface area contributed by atoms with Gasteiger partial charge in [0.25, 0.3) is 5.92 Å². The predicted octanol–water partition coefficient (Wildman–Crippen LogP) is 4.47. The van der Waals surface area contributed by atoms with Gasteiger partial charge in [-0.1, -0.05) is 36.0 Å². The van der Waals surface area contributed by atoms with E-state index >= 15 is 0 Å². The maximum Gasteiger partial charge on any atom is 0.283 e. The number of aldehydes is 1. The van der Waals surface area contributed by atoms with Gasteiger partial charge >= 0.3 is 0 Å². The molecule has 1 atom stereocenters. The number of hydrogen-bond acceptors (Lipinski definition) is 1. The molecule has 0 aliphatic heterocycles. The molecule has 21 heavy (non-hydrogen) atoms. The molecule has 3 heteroatoms. The van der Waals surface area contributed by atoms with Crippen LogP contribution in [0.2, 0.25) is 0 Å². The number of fused-ring (bicyclic) bond motifs is 2. The van der Waals surface area contributed by atoms with Crippen molar-refractivity contribution in [2.24, 2.45) is 5.92 Å². The fourth-order valence-corrected chi connectivity index (χ4v) is 2.93. The third kappa shape index (κ3) is 2.17. The molecular formula is C18H16F2O. The second-order valence-corrected chi connectivity index (χ2v) is 5.72. The molecule has 3 aliphatic carbocycles. The number of carbonyl (C=O) groups is 1. The predicted molar refractivity (Wildman–Crippen MR) is 79.0 cm³/mol. The van der Waals surface area contributed by atoms with E-state index < -0.39 is 11.8 Å². The van der Waals surface area contributed by atoms with Gasteiger partial charge < -0.3 is 0 Å². The lowest BCUT2D eigenvalue weighted by molar-refractivity contribution is -0.105. The first kappa shape index (κ1) is 13.9. The molecule has 0 N–H and O–H groups in total. The number of rotatable bonds is 1. The van der Waals surface area contributed by atoms with Crippen LogP contribution < -0.4 is 0 Å². The second kappa shape index (κ2) is 4.76. The van der Waals surface area contributed by atoms with E-state index in [2.05, 4.69) is 0 Å². The van der Waals surface area contributed by atoms with Gasteiger partial charge in [0.05, 0.1) is 5.92 Å². The zero-order valence-corrected chi connectivity index (χ0v) is 12.0.